The maximum atomic E-state index is 5.74. The second kappa shape index (κ2) is 6.23. The molecule has 0 aliphatic carbocycles. The van der Waals surface area contributed by atoms with E-state index in [2.05, 4.69) is 36.3 Å². The van der Waals surface area contributed by atoms with Crippen LogP contribution in [-0.2, 0) is 6.61 Å². The number of hydrogen-bond donors (Lipinski definition) is 1. The zero-order valence-electron chi connectivity index (χ0n) is 11.7. The smallest absolute Gasteiger partial charge is 0.130 e. The second-order valence-electron chi connectivity index (χ2n) is 4.80. The molecule has 0 aliphatic heterocycles. The molecule has 1 N–H and O–H groups in total. The monoisotopic (exact) mass is 256 g/mol. The molecule has 0 atom stereocenters. The predicted octanol–water partition coefficient (Wildman–Crippen LogP) is 3.83. The van der Waals surface area contributed by atoms with E-state index in [1.165, 1.54) is 5.56 Å². The average molecular weight is 256 g/mol. The molecule has 100 valence electrons. The molecule has 0 aliphatic rings. The lowest BCUT2D eigenvalue weighted by Crippen LogP contribution is -1.99. The zero-order chi connectivity index (χ0) is 13.7. The molecular weight excluding hydrogens is 236 g/mol. The summed E-state index contributed by atoms with van der Waals surface area (Å²) in [5.74, 6) is 1.42. The summed E-state index contributed by atoms with van der Waals surface area (Å²) in [6.07, 6.45) is 1.78. The summed E-state index contributed by atoms with van der Waals surface area (Å²) in [5, 5.41) is 3.09. The third-order valence-electron chi connectivity index (χ3n) is 3.04. The quantitative estimate of drug-likeness (QED) is 0.883. The fraction of sp³-hybridized carbons (Fsp3) is 0.312. The highest BCUT2D eigenvalue weighted by molar-refractivity contribution is 5.42. The van der Waals surface area contributed by atoms with Gasteiger partial charge in [0.05, 0.1) is 5.69 Å². The Morgan fingerprint density at radius 3 is 2.53 bits per heavy atom. The molecule has 19 heavy (non-hydrogen) atoms. The van der Waals surface area contributed by atoms with E-state index in [1.54, 1.807) is 6.20 Å². The van der Waals surface area contributed by atoms with Crippen LogP contribution < -0.4 is 10.1 Å². The molecular formula is C16H20N2O. The van der Waals surface area contributed by atoms with Crippen molar-refractivity contribution in [3.05, 3.63) is 53.9 Å². The van der Waals surface area contributed by atoms with Crippen molar-refractivity contribution in [1.29, 1.82) is 0 Å². The molecule has 0 bridgehead atoms. The fourth-order valence-corrected chi connectivity index (χ4v) is 1.82. The Labute approximate surface area is 114 Å². The number of benzene rings is 1. The van der Waals surface area contributed by atoms with Crippen LogP contribution in [0.15, 0.2) is 42.6 Å². The van der Waals surface area contributed by atoms with E-state index in [4.69, 9.17) is 4.74 Å². The van der Waals surface area contributed by atoms with Crippen LogP contribution in [0.5, 0.6) is 5.75 Å². The lowest BCUT2D eigenvalue weighted by atomic mass is 10.0. The van der Waals surface area contributed by atoms with Crippen LogP contribution in [-0.4, -0.2) is 12.0 Å². The molecule has 2 rings (SSSR count). The summed E-state index contributed by atoms with van der Waals surface area (Å²) in [6.45, 7) is 4.85. The molecule has 0 spiro atoms. The van der Waals surface area contributed by atoms with Gasteiger partial charge in [-0.05, 0) is 35.7 Å². The summed E-state index contributed by atoms with van der Waals surface area (Å²) in [4.78, 5) is 4.28. The van der Waals surface area contributed by atoms with Crippen molar-refractivity contribution in [2.75, 3.05) is 12.4 Å². The number of anilines is 1. The number of aromatic nitrogens is 1. The van der Waals surface area contributed by atoms with Crippen LogP contribution >= 0.6 is 0 Å². The Morgan fingerprint density at radius 2 is 1.89 bits per heavy atom. The van der Waals surface area contributed by atoms with Gasteiger partial charge in [0.1, 0.15) is 12.4 Å². The largest absolute Gasteiger partial charge is 0.487 e. The van der Waals surface area contributed by atoms with E-state index in [9.17, 15) is 0 Å². The highest BCUT2D eigenvalue weighted by Gasteiger charge is 2.01. The minimum absolute atomic E-state index is 0.483. The number of ether oxygens (including phenoxy) is 1. The first-order valence-corrected chi connectivity index (χ1v) is 6.54. The van der Waals surface area contributed by atoms with E-state index < -0.39 is 0 Å². The van der Waals surface area contributed by atoms with Crippen molar-refractivity contribution in [1.82, 2.24) is 4.98 Å². The highest BCUT2D eigenvalue weighted by Crippen LogP contribution is 2.19. The number of nitrogens with zero attached hydrogens (tertiary/aromatic N) is 1. The Balaban J connectivity index is 1.98. The van der Waals surface area contributed by atoms with Gasteiger partial charge >= 0.3 is 0 Å². The van der Waals surface area contributed by atoms with Crippen molar-refractivity contribution in [3.63, 3.8) is 0 Å². The minimum Gasteiger partial charge on any atom is -0.487 e. The molecule has 1 aromatic heterocycles. The van der Waals surface area contributed by atoms with Gasteiger partial charge < -0.3 is 10.1 Å². The molecule has 0 unspecified atom stereocenters. The van der Waals surface area contributed by atoms with Crippen LogP contribution in [0.1, 0.15) is 31.0 Å². The standard InChI is InChI=1S/C16H20N2O/c1-12(2)13-4-6-16(7-5-13)19-11-15-10-14(17-3)8-9-18-15/h4-10,12H,11H2,1-3H3,(H,17,18). The molecule has 1 heterocycles. The Hall–Kier alpha value is -2.03. The third kappa shape index (κ3) is 3.71. The van der Waals surface area contributed by atoms with Gasteiger partial charge in [-0.15, -0.1) is 0 Å². The Kier molecular flexibility index (Phi) is 4.39. The highest BCUT2D eigenvalue weighted by atomic mass is 16.5. The first-order valence-electron chi connectivity index (χ1n) is 6.54. The van der Waals surface area contributed by atoms with Crippen molar-refractivity contribution >= 4 is 5.69 Å². The fourth-order valence-electron chi connectivity index (χ4n) is 1.82. The van der Waals surface area contributed by atoms with Gasteiger partial charge in [-0.3, -0.25) is 4.98 Å². The first-order chi connectivity index (χ1) is 9.19. The minimum atomic E-state index is 0.483. The first kappa shape index (κ1) is 13.4. The Morgan fingerprint density at radius 1 is 1.16 bits per heavy atom. The predicted molar refractivity (Wildman–Crippen MR) is 78.6 cm³/mol. The zero-order valence-corrected chi connectivity index (χ0v) is 11.7. The van der Waals surface area contributed by atoms with Crippen molar-refractivity contribution in [2.24, 2.45) is 0 Å². The molecule has 2 aromatic rings. The normalized spacial score (nSPS) is 10.5. The summed E-state index contributed by atoms with van der Waals surface area (Å²) in [7, 11) is 1.89. The van der Waals surface area contributed by atoms with Gasteiger partial charge in [0.25, 0.3) is 0 Å². The van der Waals surface area contributed by atoms with Gasteiger partial charge in [-0.2, -0.15) is 0 Å². The summed E-state index contributed by atoms with van der Waals surface area (Å²) < 4.78 is 5.74. The maximum Gasteiger partial charge on any atom is 0.130 e. The van der Waals surface area contributed by atoms with E-state index >= 15 is 0 Å². The maximum absolute atomic E-state index is 5.74. The van der Waals surface area contributed by atoms with Crippen molar-refractivity contribution in [2.45, 2.75) is 26.4 Å². The molecule has 3 nitrogen and oxygen atoms in total. The number of pyridine rings is 1. The molecule has 0 amide bonds. The molecule has 1 aromatic carbocycles. The lowest BCUT2D eigenvalue weighted by molar-refractivity contribution is 0.301. The molecule has 3 heteroatoms. The number of nitrogens with one attached hydrogen (secondary N) is 1. The van der Waals surface area contributed by atoms with Gasteiger partial charge in [-0.25, -0.2) is 0 Å². The van der Waals surface area contributed by atoms with Crippen molar-refractivity contribution in [3.8, 4) is 5.75 Å². The van der Waals surface area contributed by atoms with Gasteiger partial charge in [0.15, 0.2) is 0 Å². The lowest BCUT2D eigenvalue weighted by Gasteiger charge is -2.09. The molecule has 0 saturated heterocycles. The summed E-state index contributed by atoms with van der Waals surface area (Å²) in [5.41, 5.74) is 3.28. The second-order valence-corrected chi connectivity index (χ2v) is 4.80. The van der Waals surface area contributed by atoms with Crippen molar-refractivity contribution < 1.29 is 4.74 Å². The van der Waals surface area contributed by atoms with Crippen LogP contribution in [0.4, 0.5) is 5.69 Å². The van der Waals surface area contributed by atoms with Gasteiger partial charge in [-0.1, -0.05) is 26.0 Å². The van der Waals surface area contributed by atoms with E-state index in [-0.39, 0.29) is 0 Å². The van der Waals surface area contributed by atoms with Gasteiger partial charge in [0.2, 0.25) is 0 Å². The van der Waals surface area contributed by atoms with E-state index in [0.29, 0.717) is 12.5 Å². The third-order valence-corrected chi connectivity index (χ3v) is 3.04. The molecule has 0 radical (unpaired) electrons. The van der Waals surface area contributed by atoms with Gasteiger partial charge in [0, 0.05) is 18.9 Å². The topological polar surface area (TPSA) is 34.2 Å². The van der Waals surface area contributed by atoms with E-state index in [0.717, 1.165) is 17.1 Å². The Bertz CT molecular complexity index is 521. The summed E-state index contributed by atoms with van der Waals surface area (Å²) >= 11 is 0. The SMILES string of the molecule is CNc1ccnc(COc2ccc(C(C)C)cc2)c1. The van der Waals surface area contributed by atoms with E-state index in [1.807, 2.05) is 31.3 Å². The molecule has 0 fully saturated rings. The van der Waals surface area contributed by atoms with Crippen LogP contribution in [0.3, 0.4) is 0 Å². The molecule has 0 saturated carbocycles. The van der Waals surface area contributed by atoms with Crippen LogP contribution in [0.2, 0.25) is 0 Å². The summed E-state index contributed by atoms with van der Waals surface area (Å²) in [6, 6.07) is 12.2. The average Bonchev–Trinajstić information content (AvgIpc) is 2.46. The van der Waals surface area contributed by atoms with Crippen LogP contribution in [0.25, 0.3) is 0 Å². The number of rotatable bonds is 5. The van der Waals surface area contributed by atoms with Crippen LogP contribution in [0, 0.1) is 0 Å². The number of hydrogen-bond acceptors (Lipinski definition) is 3.